The fraction of sp³-hybridized carbons (Fsp3) is 0.550. The van der Waals surface area contributed by atoms with Crippen LogP contribution in [0.4, 0.5) is 8.78 Å². The lowest BCUT2D eigenvalue weighted by atomic mass is 9.83. The van der Waals surface area contributed by atoms with Crippen LogP contribution < -0.4 is 9.46 Å². The first-order chi connectivity index (χ1) is 13.7. The van der Waals surface area contributed by atoms with Gasteiger partial charge in [0.15, 0.2) is 0 Å². The van der Waals surface area contributed by atoms with E-state index < -0.39 is 27.9 Å². The van der Waals surface area contributed by atoms with Crippen molar-refractivity contribution in [1.29, 1.82) is 0 Å². The van der Waals surface area contributed by atoms with Crippen LogP contribution in [0, 0.1) is 12.8 Å². The second-order valence-corrected chi connectivity index (χ2v) is 9.98. The van der Waals surface area contributed by atoms with Crippen LogP contribution in [0.1, 0.15) is 37.9 Å². The maximum atomic E-state index is 14.0. The first kappa shape index (κ1) is 20.3. The summed E-state index contributed by atoms with van der Waals surface area (Å²) in [5.41, 5.74) is 1.56. The van der Waals surface area contributed by atoms with Crippen LogP contribution in [-0.2, 0) is 10.0 Å². The van der Waals surface area contributed by atoms with Crippen molar-refractivity contribution >= 4 is 10.0 Å². The van der Waals surface area contributed by atoms with Gasteiger partial charge in [0.05, 0.1) is 11.9 Å². The normalized spacial score (nSPS) is 24.4. The van der Waals surface area contributed by atoms with Crippen molar-refractivity contribution in [1.82, 2.24) is 9.88 Å². The van der Waals surface area contributed by atoms with Gasteiger partial charge in [-0.1, -0.05) is 5.16 Å². The smallest absolute Gasteiger partial charge is 0.248 e. The summed E-state index contributed by atoms with van der Waals surface area (Å²) < 4.78 is 65.9. The van der Waals surface area contributed by atoms with Crippen LogP contribution in [0.15, 0.2) is 34.9 Å². The number of aryl methyl sites for hydroxylation is 1. The van der Waals surface area contributed by atoms with E-state index in [1.54, 1.807) is 12.1 Å². The molecule has 158 valence electrons. The highest BCUT2D eigenvalue weighted by atomic mass is 32.2. The van der Waals surface area contributed by atoms with E-state index in [4.69, 9.17) is 9.26 Å². The number of sulfonamides is 1. The Balaban J connectivity index is 1.41. The molecule has 2 saturated carbocycles. The zero-order valence-corrected chi connectivity index (χ0v) is 16.9. The molecular weight excluding hydrogens is 402 g/mol. The number of aromatic nitrogens is 1. The van der Waals surface area contributed by atoms with E-state index in [0.29, 0.717) is 30.0 Å². The average molecular weight is 426 g/mol. The molecule has 0 unspecified atom stereocenters. The van der Waals surface area contributed by atoms with Crippen molar-refractivity contribution in [3.63, 3.8) is 0 Å². The van der Waals surface area contributed by atoms with Gasteiger partial charge in [-0.25, -0.2) is 21.9 Å². The highest BCUT2D eigenvalue weighted by Gasteiger charge is 2.45. The summed E-state index contributed by atoms with van der Waals surface area (Å²) in [5.74, 6) is -2.15. The first-order valence-corrected chi connectivity index (χ1v) is 11.3. The number of hydrogen-bond acceptors (Lipinski definition) is 5. The monoisotopic (exact) mass is 426 g/mol. The van der Waals surface area contributed by atoms with E-state index in [9.17, 15) is 17.2 Å². The number of nitrogens with one attached hydrogen (secondary N) is 1. The molecule has 0 amide bonds. The molecule has 2 aliphatic carbocycles. The van der Waals surface area contributed by atoms with Crippen LogP contribution in [0.3, 0.4) is 0 Å². The van der Waals surface area contributed by atoms with Crippen LogP contribution in [0.2, 0.25) is 0 Å². The summed E-state index contributed by atoms with van der Waals surface area (Å²) in [6, 6.07) is 8.40. The summed E-state index contributed by atoms with van der Waals surface area (Å²) in [4.78, 5) is 0. The van der Waals surface area contributed by atoms with Crippen molar-refractivity contribution in [2.24, 2.45) is 5.92 Å². The van der Waals surface area contributed by atoms with E-state index in [1.807, 2.05) is 25.1 Å². The molecule has 1 heterocycles. The van der Waals surface area contributed by atoms with Crippen LogP contribution in [0.5, 0.6) is 5.75 Å². The van der Waals surface area contributed by atoms with Crippen molar-refractivity contribution in [3.05, 3.63) is 36.1 Å². The number of ether oxygens (including phenoxy) is 1. The lowest BCUT2D eigenvalue weighted by Gasteiger charge is -2.36. The Morgan fingerprint density at radius 2 is 1.97 bits per heavy atom. The summed E-state index contributed by atoms with van der Waals surface area (Å²) in [6.07, 6.45) is 0.680. The Morgan fingerprint density at radius 3 is 2.59 bits per heavy atom. The predicted molar refractivity (Wildman–Crippen MR) is 103 cm³/mol. The van der Waals surface area contributed by atoms with Gasteiger partial charge in [0, 0.05) is 36.4 Å². The molecule has 1 aromatic carbocycles. The number of rotatable bonds is 7. The van der Waals surface area contributed by atoms with Gasteiger partial charge >= 0.3 is 0 Å². The third-order valence-corrected chi connectivity index (χ3v) is 7.45. The number of hydrogen-bond donors (Lipinski definition) is 1. The van der Waals surface area contributed by atoms with Crippen molar-refractivity contribution in [2.45, 2.75) is 56.2 Å². The molecule has 0 radical (unpaired) electrons. The number of benzene rings is 1. The van der Waals surface area contributed by atoms with Gasteiger partial charge in [-0.05, 0) is 50.5 Å². The van der Waals surface area contributed by atoms with Gasteiger partial charge in [0.1, 0.15) is 17.2 Å². The Kier molecular flexibility index (Phi) is 5.37. The third-order valence-electron chi connectivity index (χ3n) is 5.47. The topological polar surface area (TPSA) is 81.4 Å². The van der Waals surface area contributed by atoms with Crippen molar-refractivity contribution in [3.8, 4) is 17.0 Å². The molecule has 2 fully saturated rings. The van der Waals surface area contributed by atoms with E-state index in [-0.39, 0.29) is 31.1 Å². The molecule has 0 saturated heterocycles. The summed E-state index contributed by atoms with van der Waals surface area (Å²) in [7, 11) is -3.44. The van der Waals surface area contributed by atoms with Crippen LogP contribution >= 0.6 is 0 Å². The lowest BCUT2D eigenvalue weighted by molar-refractivity contribution is -0.0661. The van der Waals surface area contributed by atoms with Gasteiger partial charge in [-0.15, -0.1) is 0 Å². The third kappa shape index (κ3) is 4.95. The molecular formula is C20H24F2N2O4S. The number of halogens is 2. The quantitative estimate of drug-likeness (QED) is 0.726. The summed E-state index contributed by atoms with van der Waals surface area (Å²) in [6.45, 7) is 1.83. The molecule has 0 spiro atoms. The number of alkyl halides is 2. The Hall–Kier alpha value is -2.00. The van der Waals surface area contributed by atoms with E-state index >= 15 is 0 Å². The molecule has 2 aliphatic rings. The van der Waals surface area contributed by atoms with Crippen molar-refractivity contribution in [2.75, 3.05) is 6.61 Å². The largest absolute Gasteiger partial charge is 0.493 e. The Labute approximate surface area is 168 Å². The second-order valence-electron chi connectivity index (χ2n) is 7.99. The number of nitrogens with zero attached hydrogens (tertiary/aromatic N) is 1. The van der Waals surface area contributed by atoms with Gasteiger partial charge in [0.2, 0.25) is 15.9 Å². The van der Waals surface area contributed by atoms with E-state index in [1.165, 1.54) is 0 Å². The fourth-order valence-corrected chi connectivity index (χ4v) is 5.36. The minimum absolute atomic E-state index is 0.0237. The van der Waals surface area contributed by atoms with Gasteiger partial charge in [0.25, 0.3) is 0 Å². The van der Waals surface area contributed by atoms with E-state index in [2.05, 4.69) is 9.88 Å². The molecule has 9 heteroatoms. The standard InChI is InChI=1S/C20H24F2N2O4S/c1-13-10-19(23-28-13)14-2-4-16(5-3-14)27-12-15-11-20(21,22)9-8-18(15)24-29(25,26)17-6-7-17/h2-5,10,15,17-18,24H,6-9,11-12H2,1H3/t15-,18-/m0/s1. The predicted octanol–water partition coefficient (Wildman–Crippen LogP) is 3.91. The molecule has 0 bridgehead atoms. The highest BCUT2D eigenvalue weighted by Crippen LogP contribution is 2.38. The summed E-state index contributed by atoms with van der Waals surface area (Å²) >= 11 is 0. The van der Waals surface area contributed by atoms with E-state index in [0.717, 1.165) is 5.56 Å². The second kappa shape index (κ2) is 7.68. The molecule has 2 aromatic rings. The Morgan fingerprint density at radius 1 is 1.24 bits per heavy atom. The molecule has 6 nitrogen and oxygen atoms in total. The minimum atomic E-state index is -3.44. The van der Waals surface area contributed by atoms with Crippen molar-refractivity contribution < 1.29 is 26.5 Å². The fourth-order valence-electron chi connectivity index (χ4n) is 3.67. The molecule has 2 atom stereocenters. The minimum Gasteiger partial charge on any atom is -0.493 e. The van der Waals surface area contributed by atoms with Gasteiger partial charge in [-0.2, -0.15) is 0 Å². The molecule has 1 aromatic heterocycles. The van der Waals surface area contributed by atoms with Crippen LogP contribution in [-0.4, -0.2) is 37.4 Å². The maximum Gasteiger partial charge on any atom is 0.248 e. The van der Waals surface area contributed by atoms with Gasteiger partial charge in [-0.3, -0.25) is 0 Å². The van der Waals surface area contributed by atoms with Crippen LogP contribution in [0.25, 0.3) is 11.3 Å². The molecule has 4 rings (SSSR count). The highest BCUT2D eigenvalue weighted by molar-refractivity contribution is 7.90. The molecule has 1 N–H and O–H groups in total. The van der Waals surface area contributed by atoms with Gasteiger partial charge < -0.3 is 9.26 Å². The average Bonchev–Trinajstić information content (AvgIpc) is 3.45. The zero-order valence-electron chi connectivity index (χ0n) is 16.1. The maximum absolute atomic E-state index is 14.0. The zero-order chi connectivity index (χ0) is 20.6. The first-order valence-electron chi connectivity index (χ1n) is 9.77. The Bertz CT molecular complexity index is 955. The molecule has 29 heavy (non-hydrogen) atoms. The molecule has 0 aliphatic heterocycles. The SMILES string of the molecule is Cc1cc(-c2ccc(OC[C@@H]3CC(F)(F)CC[C@@H]3NS(=O)(=O)C3CC3)cc2)no1. The summed E-state index contributed by atoms with van der Waals surface area (Å²) in [5, 5.41) is 3.57. The lowest BCUT2D eigenvalue weighted by Crippen LogP contribution is -2.49.